The number of alkyl halides is 1. The van der Waals surface area contributed by atoms with E-state index in [1.54, 1.807) is 0 Å². The first-order valence-electron chi connectivity index (χ1n) is 6.30. The number of halogens is 1. The van der Waals surface area contributed by atoms with Gasteiger partial charge in [0.2, 0.25) is 0 Å². The fourth-order valence-corrected chi connectivity index (χ4v) is 3.33. The van der Waals surface area contributed by atoms with E-state index in [2.05, 4.69) is 42.2 Å². The minimum Gasteiger partial charge on any atom is -0.302 e. The van der Waals surface area contributed by atoms with Crippen molar-refractivity contribution in [2.24, 2.45) is 5.92 Å². The summed E-state index contributed by atoms with van der Waals surface area (Å²) in [4.78, 5) is 3.91. The van der Waals surface area contributed by atoms with Crippen LogP contribution < -0.4 is 0 Å². The average Bonchev–Trinajstić information content (AvgIpc) is 2.35. The number of hydrogen-bond acceptors (Lipinski definition) is 2. The number of piperidine rings is 1. The molecule has 0 bridgehead atoms. The summed E-state index contributed by atoms with van der Waals surface area (Å²) in [5, 5.41) is 0.382. The Morgan fingerprint density at radius 2 is 2.12 bits per heavy atom. The Bertz CT molecular complexity index is 330. The Balaban J connectivity index is 1.69. The summed E-state index contributed by atoms with van der Waals surface area (Å²) in [6.45, 7) is 5.75. The minimum atomic E-state index is 0.382. The van der Waals surface area contributed by atoms with Gasteiger partial charge in [-0.2, -0.15) is 0 Å². The molecule has 1 saturated heterocycles. The van der Waals surface area contributed by atoms with Crippen molar-refractivity contribution < 1.29 is 0 Å². The zero-order valence-electron chi connectivity index (χ0n) is 10.3. The molecule has 1 aromatic rings. The minimum absolute atomic E-state index is 0.382. The van der Waals surface area contributed by atoms with E-state index in [0.29, 0.717) is 11.3 Å². The lowest BCUT2D eigenvalue weighted by Gasteiger charge is -2.33. The first-order chi connectivity index (χ1) is 8.25. The van der Waals surface area contributed by atoms with Crippen LogP contribution in [0.15, 0.2) is 35.2 Å². The molecule has 0 N–H and O–H groups in total. The maximum Gasteiger partial charge on any atom is 0.0386 e. The Kier molecular flexibility index (Phi) is 5.20. The van der Waals surface area contributed by atoms with E-state index < -0.39 is 0 Å². The highest BCUT2D eigenvalue weighted by Crippen LogP contribution is 2.23. The highest BCUT2D eigenvalue weighted by molar-refractivity contribution is 7.99. The van der Waals surface area contributed by atoms with Gasteiger partial charge in [-0.15, -0.1) is 23.4 Å². The summed E-state index contributed by atoms with van der Waals surface area (Å²) in [6.07, 6.45) is 1.14. The monoisotopic (exact) mass is 269 g/mol. The van der Waals surface area contributed by atoms with Gasteiger partial charge >= 0.3 is 0 Å². The van der Waals surface area contributed by atoms with Crippen molar-refractivity contribution in [1.82, 2.24) is 4.90 Å². The van der Waals surface area contributed by atoms with E-state index in [1.807, 2.05) is 11.8 Å². The molecule has 94 valence electrons. The summed E-state index contributed by atoms with van der Waals surface area (Å²) in [6, 6.07) is 10.6. The SMILES string of the molecule is CC1CN(CCSc2ccccc2)CCC1Cl. The van der Waals surface area contributed by atoms with E-state index in [0.717, 1.165) is 19.5 Å². The average molecular weight is 270 g/mol. The molecule has 1 nitrogen and oxygen atoms in total. The van der Waals surface area contributed by atoms with Crippen LogP contribution in [0.2, 0.25) is 0 Å². The maximum absolute atomic E-state index is 6.23. The molecule has 3 heteroatoms. The van der Waals surface area contributed by atoms with E-state index in [1.165, 1.54) is 17.2 Å². The van der Waals surface area contributed by atoms with Gasteiger partial charge in [-0.3, -0.25) is 0 Å². The zero-order chi connectivity index (χ0) is 12.1. The van der Waals surface area contributed by atoms with Crippen molar-refractivity contribution in [1.29, 1.82) is 0 Å². The Morgan fingerprint density at radius 3 is 2.82 bits per heavy atom. The number of nitrogens with zero attached hydrogens (tertiary/aromatic N) is 1. The number of hydrogen-bond donors (Lipinski definition) is 0. The van der Waals surface area contributed by atoms with Gasteiger partial charge in [0, 0.05) is 29.1 Å². The molecular formula is C14H20ClNS. The first kappa shape index (κ1) is 13.3. The lowest BCUT2D eigenvalue weighted by Crippen LogP contribution is -2.40. The molecule has 0 spiro atoms. The van der Waals surface area contributed by atoms with Crippen LogP contribution in [-0.4, -0.2) is 35.7 Å². The number of likely N-dealkylation sites (tertiary alicyclic amines) is 1. The van der Waals surface area contributed by atoms with Gasteiger partial charge in [0.25, 0.3) is 0 Å². The second-order valence-electron chi connectivity index (χ2n) is 4.74. The van der Waals surface area contributed by atoms with Crippen LogP contribution in [-0.2, 0) is 0 Å². The van der Waals surface area contributed by atoms with Gasteiger partial charge in [-0.1, -0.05) is 25.1 Å². The van der Waals surface area contributed by atoms with Gasteiger partial charge in [-0.25, -0.2) is 0 Å². The van der Waals surface area contributed by atoms with Crippen molar-refractivity contribution in [3.63, 3.8) is 0 Å². The van der Waals surface area contributed by atoms with Crippen molar-refractivity contribution in [2.45, 2.75) is 23.6 Å². The topological polar surface area (TPSA) is 3.24 Å². The Hall–Kier alpha value is -0.180. The smallest absolute Gasteiger partial charge is 0.0386 e. The molecule has 1 heterocycles. The number of rotatable bonds is 4. The summed E-state index contributed by atoms with van der Waals surface area (Å²) in [5.74, 6) is 1.80. The Labute approximate surface area is 114 Å². The molecule has 1 fully saturated rings. The zero-order valence-corrected chi connectivity index (χ0v) is 11.9. The van der Waals surface area contributed by atoms with Crippen molar-refractivity contribution in [3.05, 3.63) is 30.3 Å². The molecule has 0 radical (unpaired) electrons. The van der Waals surface area contributed by atoms with Gasteiger partial charge in [0.15, 0.2) is 0 Å². The molecular weight excluding hydrogens is 250 g/mol. The fraction of sp³-hybridized carbons (Fsp3) is 0.571. The largest absolute Gasteiger partial charge is 0.302 e. The van der Waals surface area contributed by atoms with Gasteiger partial charge in [0.1, 0.15) is 0 Å². The van der Waals surface area contributed by atoms with Crippen LogP contribution in [0.1, 0.15) is 13.3 Å². The van der Waals surface area contributed by atoms with Crippen molar-refractivity contribution in [2.75, 3.05) is 25.4 Å². The lowest BCUT2D eigenvalue weighted by molar-refractivity contribution is 0.197. The van der Waals surface area contributed by atoms with E-state index in [-0.39, 0.29) is 0 Å². The number of thioether (sulfide) groups is 1. The van der Waals surface area contributed by atoms with Crippen molar-refractivity contribution in [3.8, 4) is 0 Å². The predicted molar refractivity (Wildman–Crippen MR) is 77.0 cm³/mol. The molecule has 2 atom stereocenters. The van der Waals surface area contributed by atoms with E-state index >= 15 is 0 Å². The predicted octanol–water partition coefficient (Wildman–Crippen LogP) is 3.73. The molecule has 1 aliphatic rings. The second-order valence-corrected chi connectivity index (χ2v) is 6.47. The molecule has 2 rings (SSSR count). The standard InChI is InChI=1S/C14H20ClNS/c1-12-11-16(8-7-14(12)15)9-10-17-13-5-3-2-4-6-13/h2-6,12,14H,7-11H2,1H3. The summed E-state index contributed by atoms with van der Waals surface area (Å²) in [5.41, 5.74) is 0. The third kappa shape index (κ3) is 4.20. The molecule has 17 heavy (non-hydrogen) atoms. The fourth-order valence-electron chi connectivity index (χ4n) is 2.22. The van der Waals surface area contributed by atoms with Crippen LogP contribution >= 0.6 is 23.4 Å². The number of benzene rings is 1. The highest BCUT2D eigenvalue weighted by Gasteiger charge is 2.23. The molecule has 1 aliphatic heterocycles. The lowest BCUT2D eigenvalue weighted by atomic mass is 10.00. The molecule has 0 amide bonds. The molecule has 2 unspecified atom stereocenters. The highest BCUT2D eigenvalue weighted by atomic mass is 35.5. The summed E-state index contributed by atoms with van der Waals surface area (Å²) >= 11 is 8.17. The second kappa shape index (κ2) is 6.67. The Morgan fingerprint density at radius 1 is 1.35 bits per heavy atom. The van der Waals surface area contributed by atoms with Crippen LogP contribution in [0, 0.1) is 5.92 Å². The van der Waals surface area contributed by atoms with E-state index in [9.17, 15) is 0 Å². The molecule has 1 aromatic carbocycles. The van der Waals surface area contributed by atoms with Gasteiger partial charge in [0.05, 0.1) is 0 Å². The maximum atomic E-state index is 6.23. The quantitative estimate of drug-likeness (QED) is 0.605. The van der Waals surface area contributed by atoms with Gasteiger partial charge < -0.3 is 4.90 Å². The van der Waals surface area contributed by atoms with Crippen LogP contribution in [0.4, 0.5) is 0 Å². The first-order valence-corrected chi connectivity index (χ1v) is 7.72. The van der Waals surface area contributed by atoms with Crippen LogP contribution in [0.3, 0.4) is 0 Å². The molecule has 0 saturated carbocycles. The van der Waals surface area contributed by atoms with Crippen LogP contribution in [0.5, 0.6) is 0 Å². The third-order valence-corrected chi connectivity index (χ3v) is 4.94. The molecule has 0 aromatic heterocycles. The summed E-state index contributed by atoms with van der Waals surface area (Å²) < 4.78 is 0. The van der Waals surface area contributed by atoms with E-state index in [4.69, 9.17) is 11.6 Å². The van der Waals surface area contributed by atoms with Crippen LogP contribution in [0.25, 0.3) is 0 Å². The molecule has 0 aliphatic carbocycles. The third-order valence-electron chi connectivity index (χ3n) is 3.30. The summed E-state index contributed by atoms with van der Waals surface area (Å²) in [7, 11) is 0. The van der Waals surface area contributed by atoms with Gasteiger partial charge in [-0.05, 0) is 31.0 Å². The normalized spacial score (nSPS) is 26.0. The van der Waals surface area contributed by atoms with Crippen molar-refractivity contribution >= 4 is 23.4 Å².